The van der Waals surface area contributed by atoms with Gasteiger partial charge < -0.3 is 10.8 Å². The Balaban J connectivity index is 2.25. The first-order chi connectivity index (χ1) is 9.47. The Labute approximate surface area is 123 Å². The maximum atomic E-state index is 11.0. The molecule has 1 aliphatic rings. The van der Waals surface area contributed by atoms with Crippen LogP contribution < -0.4 is 5.73 Å². The summed E-state index contributed by atoms with van der Waals surface area (Å²) in [7, 11) is 0. The molecule has 3 N–H and O–H groups in total. The standard InChI is InChI=1S/C18H29NO/c1-13-8-4-5-9-14(13)15(12-19)17(20)16-10-6-7-11-18(16,2)3/h4-5,8-9,15-17,20H,6-7,10-12,19H2,1-3H3. The van der Waals surface area contributed by atoms with Crippen molar-refractivity contribution in [2.24, 2.45) is 17.1 Å². The molecular formula is C18H29NO. The summed E-state index contributed by atoms with van der Waals surface area (Å²) in [6, 6.07) is 8.32. The summed E-state index contributed by atoms with van der Waals surface area (Å²) < 4.78 is 0. The van der Waals surface area contributed by atoms with Crippen molar-refractivity contribution < 1.29 is 5.11 Å². The Bertz CT molecular complexity index is 441. The van der Waals surface area contributed by atoms with Crippen molar-refractivity contribution in [2.45, 2.75) is 58.5 Å². The van der Waals surface area contributed by atoms with Crippen LogP contribution in [0.2, 0.25) is 0 Å². The number of hydrogen-bond donors (Lipinski definition) is 2. The molecule has 1 saturated carbocycles. The van der Waals surface area contributed by atoms with Crippen molar-refractivity contribution in [3.05, 3.63) is 35.4 Å². The molecule has 0 spiro atoms. The fourth-order valence-electron chi connectivity index (χ4n) is 3.89. The number of aliphatic hydroxyl groups is 1. The predicted octanol–water partition coefficient (Wildman–Crippen LogP) is 3.61. The number of rotatable bonds is 4. The number of benzene rings is 1. The van der Waals surface area contributed by atoms with Crippen molar-refractivity contribution in [1.29, 1.82) is 0 Å². The first-order valence-electron chi connectivity index (χ1n) is 7.91. The number of hydrogen-bond acceptors (Lipinski definition) is 2. The van der Waals surface area contributed by atoms with E-state index in [2.05, 4.69) is 32.9 Å². The molecule has 0 aromatic heterocycles. The number of aliphatic hydroxyl groups excluding tert-OH is 1. The van der Waals surface area contributed by atoms with Crippen LogP contribution >= 0.6 is 0 Å². The van der Waals surface area contributed by atoms with Crippen molar-refractivity contribution >= 4 is 0 Å². The lowest BCUT2D eigenvalue weighted by Gasteiger charge is -2.43. The predicted molar refractivity (Wildman–Crippen MR) is 84.7 cm³/mol. The van der Waals surface area contributed by atoms with Gasteiger partial charge in [0.05, 0.1) is 6.10 Å². The van der Waals surface area contributed by atoms with Gasteiger partial charge in [-0.05, 0) is 42.2 Å². The smallest absolute Gasteiger partial charge is 0.0654 e. The van der Waals surface area contributed by atoms with E-state index in [-0.39, 0.29) is 17.4 Å². The normalized spacial score (nSPS) is 25.1. The SMILES string of the molecule is Cc1ccccc1C(CN)C(O)C1CCCCC1(C)C. The van der Waals surface area contributed by atoms with Crippen molar-refractivity contribution in [3.8, 4) is 0 Å². The van der Waals surface area contributed by atoms with Gasteiger partial charge in [-0.3, -0.25) is 0 Å². The van der Waals surface area contributed by atoms with E-state index < -0.39 is 0 Å². The average Bonchev–Trinajstić information content (AvgIpc) is 2.41. The average molecular weight is 275 g/mol. The summed E-state index contributed by atoms with van der Waals surface area (Å²) in [6.07, 6.45) is 4.51. The van der Waals surface area contributed by atoms with Gasteiger partial charge in [0, 0.05) is 12.5 Å². The Hall–Kier alpha value is -0.860. The lowest BCUT2D eigenvalue weighted by atomic mass is 9.64. The molecule has 2 nitrogen and oxygen atoms in total. The summed E-state index contributed by atoms with van der Waals surface area (Å²) >= 11 is 0. The summed E-state index contributed by atoms with van der Waals surface area (Å²) in [5.41, 5.74) is 8.67. The molecule has 0 saturated heterocycles. The van der Waals surface area contributed by atoms with E-state index in [9.17, 15) is 5.11 Å². The minimum Gasteiger partial charge on any atom is -0.392 e. The molecule has 2 rings (SSSR count). The van der Waals surface area contributed by atoms with Crippen LogP contribution in [0, 0.1) is 18.3 Å². The molecule has 0 bridgehead atoms. The first-order valence-corrected chi connectivity index (χ1v) is 7.91. The van der Waals surface area contributed by atoms with E-state index in [4.69, 9.17) is 5.73 Å². The molecule has 0 aliphatic heterocycles. The Morgan fingerprint density at radius 1 is 1.30 bits per heavy atom. The van der Waals surface area contributed by atoms with Crippen LogP contribution in [-0.4, -0.2) is 17.8 Å². The number of aryl methyl sites for hydroxylation is 1. The number of nitrogens with two attached hydrogens (primary N) is 1. The highest BCUT2D eigenvalue weighted by molar-refractivity contribution is 5.30. The second kappa shape index (κ2) is 6.28. The van der Waals surface area contributed by atoms with Crippen molar-refractivity contribution in [2.75, 3.05) is 6.54 Å². The maximum Gasteiger partial charge on any atom is 0.0654 e. The van der Waals surface area contributed by atoms with Gasteiger partial charge >= 0.3 is 0 Å². The minimum absolute atomic E-state index is 0.0542. The van der Waals surface area contributed by atoms with Crippen molar-refractivity contribution in [1.82, 2.24) is 0 Å². The van der Waals surface area contributed by atoms with Crippen LogP contribution in [0.3, 0.4) is 0 Å². The second-order valence-electron chi connectivity index (χ2n) is 7.03. The van der Waals surface area contributed by atoms with E-state index in [0.717, 1.165) is 6.42 Å². The minimum atomic E-state index is -0.337. The third-order valence-corrected chi connectivity index (χ3v) is 5.26. The summed E-state index contributed by atoms with van der Waals surface area (Å²) in [6.45, 7) is 7.21. The molecule has 3 unspecified atom stereocenters. The fraction of sp³-hybridized carbons (Fsp3) is 0.667. The largest absolute Gasteiger partial charge is 0.392 e. The van der Waals surface area contributed by atoms with E-state index >= 15 is 0 Å². The lowest BCUT2D eigenvalue weighted by Crippen LogP contribution is -2.42. The summed E-state index contributed by atoms with van der Waals surface area (Å²) in [5, 5.41) is 11.0. The van der Waals surface area contributed by atoms with E-state index in [1.54, 1.807) is 0 Å². The highest BCUT2D eigenvalue weighted by atomic mass is 16.3. The molecule has 2 heteroatoms. The maximum absolute atomic E-state index is 11.0. The summed E-state index contributed by atoms with van der Waals surface area (Å²) in [5.74, 6) is 0.406. The van der Waals surface area contributed by atoms with Crippen LogP contribution in [0.25, 0.3) is 0 Å². The van der Waals surface area contributed by atoms with E-state index in [0.29, 0.717) is 12.5 Å². The Morgan fingerprint density at radius 3 is 2.60 bits per heavy atom. The van der Waals surface area contributed by atoms with Crippen LogP contribution in [-0.2, 0) is 0 Å². The third-order valence-electron chi connectivity index (χ3n) is 5.26. The van der Waals surface area contributed by atoms with Gasteiger partial charge in [0.2, 0.25) is 0 Å². The Kier molecular flexibility index (Phi) is 4.87. The molecule has 0 radical (unpaired) electrons. The lowest BCUT2D eigenvalue weighted by molar-refractivity contribution is -0.00905. The zero-order chi connectivity index (χ0) is 14.8. The quantitative estimate of drug-likeness (QED) is 0.881. The fourth-order valence-corrected chi connectivity index (χ4v) is 3.89. The third kappa shape index (κ3) is 3.07. The van der Waals surface area contributed by atoms with E-state index in [1.807, 2.05) is 12.1 Å². The summed E-state index contributed by atoms with van der Waals surface area (Å²) in [4.78, 5) is 0. The Morgan fingerprint density at radius 2 is 2.00 bits per heavy atom. The first kappa shape index (κ1) is 15.5. The van der Waals surface area contributed by atoms with Gasteiger partial charge in [-0.1, -0.05) is 51.0 Å². The highest BCUT2D eigenvalue weighted by Gasteiger charge is 2.40. The topological polar surface area (TPSA) is 46.2 Å². The zero-order valence-corrected chi connectivity index (χ0v) is 13.1. The van der Waals surface area contributed by atoms with Gasteiger partial charge in [0.15, 0.2) is 0 Å². The molecule has 0 heterocycles. The zero-order valence-electron chi connectivity index (χ0n) is 13.1. The van der Waals surface area contributed by atoms with Crippen molar-refractivity contribution in [3.63, 3.8) is 0 Å². The monoisotopic (exact) mass is 275 g/mol. The van der Waals surface area contributed by atoms with E-state index in [1.165, 1.54) is 30.4 Å². The molecule has 112 valence electrons. The van der Waals surface area contributed by atoms with Gasteiger partial charge in [-0.15, -0.1) is 0 Å². The molecule has 3 atom stereocenters. The van der Waals surface area contributed by atoms with Gasteiger partial charge in [0.25, 0.3) is 0 Å². The van der Waals surface area contributed by atoms with Gasteiger partial charge in [0.1, 0.15) is 0 Å². The van der Waals surface area contributed by atoms with Crippen LogP contribution in [0.1, 0.15) is 56.6 Å². The molecule has 1 aromatic carbocycles. The molecule has 0 amide bonds. The molecule has 20 heavy (non-hydrogen) atoms. The van der Waals surface area contributed by atoms with Gasteiger partial charge in [-0.25, -0.2) is 0 Å². The molecule has 1 aromatic rings. The van der Waals surface area contributed by atoms with Crippen LogP contribution in [0.5, 0.6) is 0 Å². The molecular weight excluding hydrogens is 246 g/mol. The second-order valence-corrected chi connectivity index (χ2v) is 7.03. The highest BCUT2D eigenvalue weighted by Crippen LogP contribution is 2.45. The van der Waals surface area contributed by atoms with Gasteiger partial charge in [-0.2, -0.15) is 0 Å². The molecule has 1 fully saturated rings. The van der Waals surface area contributed by atoms with Crippen LogP contribution in [0.4, 0.5) is 0 Å². The molecule has 1 aliphatic carbocycles. The van der Waals surface area contributed by atoms with Crippen LogP contribution in [0.15, 0.2) is 24.3 Å².